The second-order valence-corrected chi connectivity index (χ2v) is 8.49. The third kappa shape index (κ3) is 6.57. The van der Waals surface area contributed by atoms with Crippen LogP contribution in [0.25, 0.3) is 0 Å². The number of hydrogen-bond donors (Lipinski definition) is 1. The molecule has 2 amide bonds. The van der Waals surface area contributed by atoms with Crippen LogP contribution in [0.5, 0.6) is 0 Å². The summed E-state index contributed by atoms with van der Waals surface area (Å²) in [4.78, 5) is 28.6. The molecule has 0 unspecified atom stereocenters. The topological polar surface area (TPSA) is 49.4 Å². The zero-order valence-corrected chi connectivity index (χ0v) is 17.7. The largest absolute Gasteiger partial charge is 0.337 e. The summed E-state index contributed by atoms with van der Waals surface area (Å²) < 4.78 is 0. The Morgan fingerprint density at radius 2 is 1.66 bits per heavy atom. The lowest BCUT2D eigenvalue weighted by atomic mass is 10.1. The third-order valence-electron chi connectivity index (χ3n) is 4.64. The van der Waals surface area contributed by atoms with Gasteiger partial charge in [0.2, 0.25) is 11.8 Å². The Kier molecular flexibility index (Phi) is 7.19. The molecule has 1 aromatic heterocycles. The molecule has 0 fully saturated rings. The van der Waals surface area contributed by atoms with Gasteiger partial charge in [0.25, 0.3) is 0 Å². The number of rotatable bonds is 8. The van der Waals surface area contributed by atoms with Crippen molar-refractivity contribution in [2.75, 3.05) is 11.9 Å². The summed E-state index contributed by atoms with van der Waals surface area (Å²) in [5.41, 5.74) is 2.91. The lowest BCUT2D eigenvalue weighted by molar-refractivity contribution is -0.131. The second kappa shape index (κ2) is 10.0. The summed E-state index contributed by atoms with van der Waals surface area (Å²) in [6, 6.07) is 21.9. The molecule has 0 saturated heterocycles. The van der Waals surface area contributed by atoms with Crippen LogP contribution in [0.4, 0.5) is 5.69 Å². The molecule has 1 N–H and O–H groups in total. The number of nitrogens with one attached hydrogen (secondary N) is 1. The maximum absolute atomic E-state index is 13.1. The summed E-state index contributed by atoms with van der Waals surface area (Å²) in [5, 5.41) is 2.75. The zero-order valence-electron chi connectivity index (χ0n) is 16.9. The SMILES string of the molecule is CC(=O)Nc1ccc(CC(=O)N(CCc2ccccc2)Cc2ccc(C)s2)cc1. The molecular formula is C24H26N2O2S. The molecule has 1 heterocycles. The van der Waals surface area contributed by atoms with Crippen molar-refractivity contribution < 1.29 is 9.59 Å². The minimum atomic E-state index is -0.104. The first-order valence-corrected chi connectivity index (χ1v) is 10.5. The number of thiophene rings is 1. The molecule has 29 heavy (non-hydrogen) atoms. The first-order chi connectivity index (χ1) is 14.0. The van der Waals surface area contributed by atoms with E-state index in [-0.39, 0.29) is 11.8 Å². The predicted molar refractivity (Wildman–Crippen MR) is 119 cm³/mol. The highest BCUT2D eigenvalue weighted by Crippen LogP contribution is 2.19. The average molecular weight is 407 g/mol. The number of anilines is 1. The predicted octanol–water partition coefficient (Wildman–Crippen LogP) is 4.83. The van der Waals surface area contributed by atoms with Gasteiger partial charge < -0.3 is 10.2 Å². The summed E-state index contributed by atoms with van der Waals surface area (Å²) in [5.74, 6) is 0.00594. The number of benzene rings is 2. The van der Waals surface area contributed by atoms with Crippen molar-refractivity contribution >= 4 is 28.8 Å². The van der Waals surface area contributed by atoms with Crippen molar-refractivity contribution in [2.24, 2.45) is 0 Å². The standard InChI is InChI=1S/C24H26N2O2S/c1-18-8-13-23(29-18)17-26(15-14-20-6-4-3-5-7-20)24(28)16-21-9-11-22(12-10-21)25-19(2)27/h3-13H,14-17H2,1-2H3,(H,25,27). The number of aryl methyl sites for hydroxylation is 1. The molecule has 0 aliphatic heterocycles. The lowest BCUT2D eigenvalue weighted by Crippen LogP contribution is -2.33. The molecule has 150 valence electrons. The van der Waals surface area contributed by atoms with E-state index in [9.17, 15) is 9.59 Å². The van der Waals surface area contributed by atoms with Crippen LogP contribution in [0, 0.1) is 6.92 Å². The van der Waals surface area contributed by atoms with E-state index in [4.69, 9.17) is 0 Å². The van der Waals surface area contributed by atoms with Crippen LogP contribution >= 0.6 is 11.3 Å². The fraction of sp³-hybridized carbons (Fsp3) is 0.250. The van der Waals surface area contributed by atoms with Gasteiger partial charge in [-0.25, -0.2) is 0 Å². The highest BCUT2D eigenvalue weighted by atomic mass is 32.1. The molecule has 2 aromatic carbocycles. The highest BCUT2D eigenvalue weighted by molar-refractivity contribution is 7.11. The summed E-state index contributed by atoms with van der Waals surface area (Å²) in [6.07, 6.45) is 1.18. The maximum atomic E-state index is 13.1. The van der Waals surface area contributed by atoms with E-state index in [1.54, 1.807) is 11.3 Å². The normalized spacial score (nSPS) is 10.6. The minimum Gasteiger partial charge on any atom is -0.337 e. The zero-order chi connectivity index (χ0) is 20.6. The summed E-state index contributed by atoms with van der Waals surface area (Å²) in [7, 11) is 0. The van der Waals surface area contributed by atoms with E-state index in [0.29, 0.717) is 19.5 Å². The first-order valence-electron chi connectivity index (χ1n) is 9.73. The van der Waals surface area contributed by atoms with Gasteiger partial charge in [0.05, 0.1) is 13.0 Å². The molecule has 0 saturated carbocycles. The Balaban J connectivity index is 1.67. The van der Waals surface area contributed by atoms with Crippen molar-refractivity contribution in [2.45, 2.75) is 33.2 Å². The van der Waals surface area contributed by atoms with Crippen LogP contribution in [0.2, 0.25) is 0 Å². The molecule has 0 aliphatic carbocycles. The van der Waals surface area contributed by atoms with Crippen molar-refractivity contribution in [1.29, 1.82) is 0 Å². The van der Waals surface area contributed by atoms with Gasteiger partial charge in [-0.05, 0) is 48.7 Å². The van der Waals surface area contributed by atoms with Gasteiger partial charge in [-0.3, -0.25) is 9.59 Å². The van der Waals surface area contributed by atoms with Crippen molar-refractivity contribution in [3.05, 3.63) is 87.6 Å². The monoisotopic (exact) mass is 406 g/mol. The Hall–Kier alpha value is -2.92. The van der Waals surface area contributed by atoms with E-state index < -0.39 is 0 Å². The van der Waals surface area contributed by atoms with Gasteiger partial charge in [-0.1, -0.05) is 42.5 Å². The Bertz CT molecular complexity index is 949. The van der Waals surface area contributed by atoms with Crippen LogP contribution in [-0.2, 0) is 29.0 Å². The quantitative estimate of drug-likeness (QED) is 0.583. The molecular weight excluding hydrogens is 380 g/mol. The van der Waals surface area contributed by atoms with E-state index >= 15 is 0 Å². The fourth-order valence-corrected chi connectivity index (χ4v) is 4.06. The smallest absolute Gasteiger partial charge is 0.227 e. The molecule has 0 radical (unpaired) electrons. The average Bonchev–Trinajstić information content (AvgIpc) is 3.12. The minimum absolute atomic E-state index is 0.104. The number of hydrogen-bond acceptors (Lipinski definition) is 3. The third-order valence-corrected chi connectivity index (χ3v) is 5.62. The van der Waals surface area contributed by atoms with Crippen LogP contribution in [0.1, 0.15) is 27.8 Å². The lowest BCUT2D eigenvalue weighted by Gasteiger charge is -2.22. The second-order valence-electron chi connectivity index (χ2n) is 7.12. The first kappa shape index (κ1) is 20.8. The van der Waals surface area contributed by atoms with Gasteiger partial charge in [0.15, 0.2) is 0 Å². The Labute approximate surface area is 176 Å². The van der Waals surface area contributed by atoms with Crippen LogP contribution < -0.4 is 5.32 Å². The summed E-state index contributed by atoms with van der Waals surface area (Å²) >= 11 is 1.73. The maximum Gasteiger partial charge on any atom is 0.227 e. The van der Waals surface area contributed by atoms with Crippen molar-refractivity contribution in [3.63, 3.8) is 0 Å². The van der Waals surface area contributed by atoms with Gasteiger partial charge in [-0.15, -0.1) is 11.3 Å². The van der Waals surface area contributed by atoms with E-state index in [1.165, 1.54) is 22.2 Å². The van der Waals surface area contributed by atoms with Gasteiger partial charge in [0, 0.05) is 28.9 Å². The number of carbonyl (C=O) groups is 2. The number of amides is 2. The number of carbonyl (C=O) groups excluding carboxylic acids is 2. The van der Waals surface area contributed by atoms with E-state index in [2.05, 4.69) is 36.5 Å². The fourth-order valence-electron chi connectivity index (χ4n) is 3.15. The van der Waals surface area contributed by atoms with Crippen LogP contribution in [0.3, 0.4) is 0 Å². The molecule has 0 atom stereocenters. The Morgan fingerprint density at radius 1 is 0.931 bits per heavy atom. The molecule has 0 spiro atoms. The van der Waals surface area contributed by atoms with Gasteiger partial charge >= 0.3 is 0 Å². The van der Waals surface area contributed by atoms with E-state index in [0.717, 1.165) is 17.7 Å². The molecule has 0 bridgehead atoms. The number of nitrogens with zero attached hydrogens (tertiary/aromatic N) is 1. The van der Waals surface area contributed by atoms with Gasteiger partial charge in [0.1, 0.15) is 0 Å². The van der Waals surface area contributed by atoms with Gasteiger partial charge in [-0.2, -0.15) is 0 Å². The van der Waals surface area contributed by atoms with Crippen LogP contribution in [0.15, 0.2) is 66.7 Å². The molecule has 3 rings (SSSR count). The van der Waals surface area contributed by atoms with Crippen LogP contribution in [-0.4, -0.2) is 23.3 Å². The van der Waals surface area contributed by atoms with E-state index in [1.807, 2.05) is 47.4 Å². The molecule has 5 heteroatoms. The Morgan fingerprint density at radius 3 is 2.28 bits per heavy atom. The molecule has 3 aromatic rings. The molecule has 4 nitrogen and oxygen atoms in total. The highest BCUT2D eigenvalue weighted by Gasteiger charge is 2.16. The molecule has 0 aliphatic rings. The summed E-state index contributed by atoms with van der Waals surface area (Å²) in [6.45, 7) is 4.88. The van der Waals surface area contributed by atoms with Crippen molar-refractivity contribution in [3.8, 4) is 0 Å². The van der Waals surface area contributed by atoms with Crippen molar-refractivity contribution in [1.82, 2.24) is 4.90 Å².